The Balaban J connectivity index is 2.22. The van der Waals surface area contributed by atoms with E-state index in [0.29, 0.717) is 12.8 Å². The predicted octanol–water partition coefficient (Wildman–Crippen LogP) is 3.15. The maximum absolute atomic E-state index is 12.9. The zero-order valence-corrected chi connectivity index (χ0v) is 9.64. The van der Waals surface area contributed by atoms with Crippen molar-refractivity contribution in [2.75, 3.05) is 7.11 Å². The fourth-order valence-corrected chi connectivity index (χ4v) is 2.61. The number of fused-ring (bicyclic) bond motifs is 1. The molecule has 1 aromatic carbocycles. The minimum absolute atomic E-state index is 0.221. The van der Waals surface area contributed by atoms with Gasteiger partial charge in [0.1, 0.15) is 5.82 Å². The third-order valence-electron chi connectivity index (χ3n) is 2.44. The van der Waals surface area contributed by atoms with Crippen LogP contribution in [0.1, 0.15) is 12.0 Å². The molecule has 0 fully saturated rings. The first-order valence-corrected chi connectivity index (χ1v) is 5.81. The average molecular weight is 238 g/mol. The molecule has 0 aliphatic carbocycles. The molecule has 2 nitrogen and oxygen atoms in total. The highest BCUT2D eigenvalue weighted by Gasteiger charge is 2.07. The molecule has 0 saturated heterocycles. The molecule has 0 amide bonds. The second-order valence-corrected chi connectivity index (χ2v) is 4.39. The largest absolute Gasteiger partial charge is 0.469 e. The Bertz CT molecular complexity index is 519. The van der Waals surface area contributed by atoms with Gasteiger partial charge in [-0.3, -0.25) is 4.79 Å². The molecule has 0 spiro atoms. The van der Waals surface area contributed by atoms with Gasteiger partial charge >= 0.3 is 5.97 Å². The van der Waals surface area contributed by atoms with Crippen molar-refractivity contribution >= 4 is 27.4 Å². The van der Waals surface area contributed by atoms with Crippen LogP contribution < -0.4 is 0 Å². The van der Waals surface area contributed by atoms with Crippen LogP contribution in [0.3, 0.4) is 0 Å². The number of hydrogen-bond donors (Lipinski definition) is 0. The summed E-state index contributed by atoms with van der Waals surface area (Å²) in [5.41, 5.74) is 1.07. The molecule has 0 aliphatic rings. The quantitative estimate of drug-likeness (QED) is 0.768. The van der Waals surface area contributed by atoms with Crippen LogP contribution in [0, 0.1) is 5.82 Å². The molecular formula is C12H11FO2S. The van der Waals surface area contributed by atoms with E-state index in [9.17, 15) is 9.18 Å². The van der Waals surface area contributed by atoms with Crippen molar-refractivity contribution in [1.29, 1.82) is 0 Å². The Morgan fingerprint density at radius 2 is 2.31 bits per heavy atom. The van der Waals surface area contributed by atoms with Crippen molar-refractivity contribution in [1.82, 2.24) is 0 Å². The molecule has 84 valence electrons. The Kier molecular flexibility index (Phi) is 3.19. The number of hydrogen-bond acceptors (Lipinski definition) is 3. The van der Waals surface area contributed by atoms with Gasteiger partial charge in [0.2, 0.25) is 0 Å². The summed E-state index contributed by atoms with van der Waals surface area (Å²) in [5, 5.41) is 2.99. The van der Waals surface area contributed by atoms with E-state index in [1.165, 1.54) is 30.6 Å². The van der Waals surface area contributed by atoms with Crippen LogP contribution in [-0.4, -0.2) is 13.1 Å². The second kappa shape index (κ2) is 4.61. The Morgan fingerprint density at radius 3 is 3.06 bits per heavy atom. The molecule has 0 bridgehead atoms. The molecule has 4 heteroatoms. The lowest BCUT2D eigenvalue weighted by Crippen LogP contribution is -2.01. The third kappa shape index (κ3) is 2.22. The van der Waals surface area contributed by atoms with Gasteiger partial charge in [-0.2, -0.15) is 0 Å². The zero-order valence-electron chi connectivity index (χ0n) is 8.83. The normalized spacial score (nSPS) is 10.6. The Hall–Kier alpha value is -1.42. The van der Waals surface area contributed by atoms with Crippen LogP contribution in [0.5, 0.6) is 0 Å². The van der Waals surface area contributed by atoms with Crippen molar-refractivity contribution in [3.05, 3.63) is 35.0 Å². The van der Waals surface area contributed by atoms with Crippen LogP contribution in [0.2, 0.25) is 0 Å². The van der Waals surface area contributed by atoms with Crippen molar-refractivity contribution in [3.63, 3.8) is 0 Å². The van der Waals surface area contributed by atoms with Crippen LogP contribution in [-0.2, 0) is 16.0 Å². The van der Waals surface area contributed by atoms with Crippen molar-refractivity contribution < 1.29 is 13.9 Å². The summed E-state index contributed by atoms with van der Waals surface area (Å²) in [5.74, 6) is -0.449. The molecule has 0 N–H and O–H groups in total. The van der Waals surface area contributed by atoms with Gasteiger partial charge in [-0.15, -0.1) is 11.3 Å². The smallest absolute Gasteiger partial charge is 0.305 e. The summed E-state index contributed by atoms with van der Waals surface area (Å²) in [4.78, 5) is 11.0. The molecule has 16 heavy (non-hydrogen) atoms. The first-order valence-electron chi connectivity index (χ1n) is 4.93. The van der Waals surface area contributed by atoms with Crippen molar-refractivity contribution in [2.24, 2.45) is 0 Å². The van der Waals surface area contributed by atoms with Gasteiger partial charge in [0.15, 0.2) is 0 Å². The number of methoxy groups -OCH3 is 1. The lowest BCUT2D eigenvalue weighted by atomic mass is 10.1. The monoisotopic (exact) mass is 238 g/mol. The fraction of sp³-hybridized carbons (Fsp3) is 0.250. The molecule has 2 rings (SSSR count). The van der Waals surface area contributed by atoms with Crippen LogP contribution in [0.4, 0.5) is 4.39 Å². The fourth-order valence-electron chi connectivity index (χ4n) is 1.59. The first-order chi connectivity index (χ1) is 7.70. The Labute approximate surface area is 96.7 Å². The standard InChI is InChI=1S/C12H11FO2S/c1-15-12(14)5-2-8-7-16-11-6-9(13)3-4-10(8)11/h3-4,6-7H,2,5H2,1H3. The van der Waals surface area contributed by atoms with E-state index in [4.69, 9.17) is 0 Å². The molecule has 0 atom stereocenters. The number of esters is 1. The van der Waals surface area contributed by atoms with Gasteiger partial charge in [0, 0.05) is 11.1 Å². The average Bonchev–Trinajstić information content (AvgIpc) is 2.68. The number of carbonyl (C=O) groups excluding carboxylic acids is 1. The van der Waals surface area contributed by atoms with Crippen LogP contribution in [0.25, 0.3) is 10.1 Å². The molecule has 0 aliphatic heterocycles. The van der Waals surface area contributed by atoms with Crippen molar-refractivity contribution in [2.45, 2.75) is 12.8 Å². The van der Waals surface area contributed by atoms with E-state index in [-0.39, 0.29) is 11.8 Å². The summed E-state index contributed by atoms with van der Waals surface area (Å²) < 4.78 is 18.4. The maximum Gasteiger partial charge on any atom is 0.305 e. The number of rotatable bonds is 3. The van der Waals surface area contributed by atoms with E-state index in [1.807, 2.05) is 5.38 Å². The molecule has 0 radical (unpaired) electrons. The van der Waals surface area contributed by atoms with Crippen molar-refractivity contribution in [3.8, 4) is 0 Å². The van der Waals surface area contributed by atoms with Gasteiger partial charge < -0.3 is 4.74 Å². The highest BCUT2D eigenvalue weighted by molar-refractivity contribution is 7.17. The number of benzene rings is 1. The van der Waals surface area contributed by atoms with Crippen LogP contribution >= 0.6 is 11.3 Å². The highest BCUT2D eigenvalue weighted by Crippen LogP contribution is 2.27. The first kappa shape index (κ1) is 11.1. The highest BCUT2D eigenvalue weighted by atomic mass is 32.1. The topological polar surface area (TPSA) is 26.3 Å². The molecule has 1 aromatic heterocycles. The van der Waals surface area contributed by atoms with E-state index < -0.39 is 0 Å². The number of carbonyl (C=O) groups is 1. The maximum atomic E-state index is 12.9. The molecular weight excluding hydrogens is 227 g/mol. The molecule has 0 unspecified atom stereocenters. The number of halogens is 1. The van der Waals surface area contributed by atoms with Gasteiger partial charge in [-0.25, -0.2) is 4.39 Å². The van der Waals surface area contributed by atoms with Gasteiger partial charge in [0.05, 0.1) is 7.11 Å². The van der Waals surface area contributed by atoms with Gasteiger partial charge in [-0.1, -0.05) is 6.07 Å². The summed E-state index contributed by atoms with van der Waals surface area (Å²) in [6, 6.07) is 4.71. The Morgan fingerprint density at radius 1 is 1.50 bits per heavy atom. The number of ether oxygens (including phenoxy) is 1. The minimum atomic E-state index is -0.228. The van der Waals surface area contributed by atoms with Gasteiger partial charge in [-0.05, 0) is 34.9 Å². The molecule has 1 heterocycles. The summed E-state index contributed by atoms with van der Waals surface area (Å²) in [6.45, 7) is 0. The summed E-state index contributed by atoms with van der Waals surface area (Å²) in [7, 11) is 1.38. The SMILES string of the molecule is COC(=O)CCc1csc2cc(F)ccc12. The van der Waals surface area contributed by atoms with E-state index in [0.717, 1.165) is 15.6 Å². The lowest BCUT2D eigenvalue weighted by Gasteiger charge is -1.99. The van der Waals surface area contributed by atoms with Gasteiger partial charge in [0.25, 0.3) is 0 Å². The molecule has 2 aromatic rings. The zero-order chi connectivity index (χ0) is 11.5. The van der Waals surface area contributed by atoms with E-state index in [1.54, 1.807) is 6.07 Å². The summed E-state index contributed by atoms with van der Waals surface area (Å²) >= 11 is 1.50. The van der Waals surface area contributed by atoms with E-state index >= 15 is 0 Å². The van der Waals surface area contributed by atoms with Crippen LogP contribution in [0.15, 0.2) is 23.6 Å². The number of thiophene rings is 1. The predicted molar refractivity (Wildman–Crippen MR) is 62.1 cm³/mol. The van der Waals surface area contributed by atoms with E-state index in [2.05, 4.69) is 4.74 Å². The molecule has 0 saturated carbocycles. The third-order valence-corrected chi connectivity index (χ3v) is 3.44. The lowest BCUT2D eigenvalue weighted by molar-refractivity contribution is -0.140. The second-order valence-electron chi connectivity index (χ2n) is 3.48. The number of aryl methyl sites for hydroxylation is 1. The summed E-state index contributed by atoms with van der Waals surface area (Å²) in [6.07, 6.45) is 0.998. The minimum Gasteiger partial charge on any atom is -0.469 e.